The average molecular weight is 469 g/mol. The number of nitrogens with one attached hydrogen (secondary N) is 1. The van der Waals surface area contributed by atoms with Gasteiger partial charge in [0.2, 0.25) is 0 Å². The summed E-state index contributed by atoms with van der Waals surface area (Å²) in [6.45, 7) is 0.172. The summed E-state index contributed by atoms with van der Waals surface area (Å²) in [4.78, 5) is 16.9. The number of carbonyl (C=O) groups excluding carboxylic acids is 1. The molecule has 4 aromatic rings. The van der Waals surface area contributed by atoms with Crippen LogP contribution in [-0.2, 0) is 19.3 Å². The topological polar surface area (TPSA) is 76.4 Å². The number of hydrogen-bond donors (Lipinski definition) is 2. The standard InChI is InChI=1S/C25H22F3N3O3/c26-25(27,28)19-6-4-5-17(13-19)15-31-22-10-9-18(24(33)29-11-12-32)14-21(22)30-23(31)16-34-20-7-2-1-3-8-20/h1-10,13-14,32H,11-12,15-16H2,(H,29,33). The van der Waals surface area contributed by atoms with Crippen LogP contribution in [0.2, 0.25) is 0 Å². The molecule has 4 rings (SSSR count). The van der Waals surface area contributed by atoms with E-state index in [0.29, 0.717) is 33.7 Å². The number of nitrogens with zero attached hydrogens (tertiary/aromatic N) is 2. The third kappa shape index (κ3) is 5.37. The van der Waals surface area contributed by atoms with Crippen LogP contribution in [0.4, 0.5) is 13.2 Å². The lowest BCUT2D eigenvalue weighted by atomic mass is 10.1. The molecule has 0 radical (unpaired) electrons. The lowest BCUT2D eigenvalue weighted by molar-refractivity contribution is -0.137. The Morgan fingerprint density at radius 3 is 2.56 bits per heavy atom. The van der Waals surface area contributed by atoms with Crippen LogP contribution >= 0.6 is 0 Å². The number of halogens is 3. The van der Waals surface area contributed by atoms with E-state index in [9.17, 15) is 18.0 Å². The Bertz CT molecular complexity index is 1290. The summed E-state index contributed by atoms with van der Waals surface area (Å²) in [5, 5.41) is 11.5. The molecule has 0 aliphatic carbocycles. The number of amides is 1. The summed E-state index contributed by atoms with van der Waals surface area (Å²) in [5.41, 5.74) is 1.26. The molecular formula is C25H22F3N3O3. The molecule has 9 heteroatoms. The van der Waals surface area contributed by atoms with Crippen molar-refractivity contribution in [2.75, 3.05) is 13.2 Å². The van der Waals surface area contributed by atoms with Gasteiger partial charge in [0.05, 0.1) is 23.2 Å². The van der Waals surface area contributed by atoms with Crippen molar-refractivity contribution in [3.8, 4) is 5.75 Å². The van der Waals surface area contributed by atoms with E-state index in [1.54, 1.807) is 41.0 Å². The number of para-hydroxylation sites is 1. The van der Waals surface area contributed by atoms with Crippen molar-refractivity contribution < 1.29 is 27.8 Å². The molecule has 1 aromatic heterocycles. The second-order valence-electron chi connectivity index (χ2n) is 7.60. The summed E-state index contributed by atoms with van der Waals surface area (Å²) in [5.74, 6) is 0.777. The average Bonchev–Trinajstić information content (AvgIpc) is 3.18. The van der Waals surface area contributed by atoms with Crippen molar-refractivity contribution in [1.29, 1.82) is 0 Å². The second kappa shape index (κ2) is 9.96. The van der Waals surface area contributed by atoms with Crippen LogP contribution in [-0.4, -0.2) is 33.7 Å². The van der Waals surface area contributed by atoms with Crippen LogP contribution in [0.1, 0.15) is 27.3 Å². The van der Waals surface area contributed by atoms with Gasteiger partial charge >= 0.3 is 6.18 Å². The molecule has 6 nitrogen and oxygen atoms in total. The van der Waals surface area contributed by atoms with Gasteiger partial charge in [-0.2, -0.15) is 13.2 Å². The van der Waals surface area contributed by atoms with Crippen molar-refractivity contribution in [2.24, 2.45) is 0 Å². The summed E-state index contributed by atoms with van der Waals surface area (Å²) in [6, 6.07) is 19.2. The van der Waals surface area contributed by atoms with Gasteiger partial charge in [-0.05, 0) is 48.0 Å². The molecule has 176 valence electrons. The van der Waals surface area contributed by atoms with Gasteiger partial charge in [-0.1, -0.05) is 30.3 Å². The number of alkyl halides is 3. The van der Waals surface area contributed by atoms with E-state index in [4.69, 9.17) is 9.84 Å². The highest BCUT2D eigenvalue weighted by molar-refractivity contribution is 5.97. The predicted molar refractivity (Wildman–Crippen MR) is 120 cm³/mol. The number of rotatable bonds is 8. The second-order valence-corrected chi connectivity index (χ2v) is 7.60. The van der Waals surface area contributed by atoms with Crippen LogP contribution in [0.25, 0.3) is 11.0 Å². The first-order valence-corrected chi connectivity index (χ1v) is 10.6. The maximum absolute atomic E-state index is 13.2. The number of benzene rings is 3. The van der Waals surface area contributed by atoms with Gasteiger partial charge in [0.15, 0.2) is 0 Å². The Hall–Kier alpha value is -3.85. The molecule has 34 heavy (non-hydrogen) atoms. The number of ether oxygens (including phenoxy) is 1. The van der Waals surface area contributed by atoms with Crippen molar-refractivity contribution >= 4 is 16.9 Å². The first kappa shape index (κ1) is 23.3. The summed E-state index contributed by atoms with van der Waals surface area (Å²) in [6.07, 6.45) is -4.44. The zero-order valence-corrected chi connectivity index (χ0v) is 18.0. The van der Waals surface area contributed by atoms with Gasteiger partial charge in [-0.15, -0.1) is 0 Å². The zero-order valence-electron chi connectivity index (χ0n) is 18.0. The Morgan fingerprint density at radius 2 is 1.82 bits per heavy atom. The van der Waals surface area contributed by atoms with Gasteiger partial charge in [-0.3, -0.25) is 4.79 Å². The van der Waals surface area contributed by atoms with Crippen molar-refractivity contribution in [2.45, 2.75) is 19.3 Å². The minimum atomic E-state index is -4.44. The monoisotopic (exact) mass is 469 g/mol. The number of hydrogen-bond acceptors (Lipinski definition) is 4. The van der Waals surface area contributed by atoms with Gasteiger partial charge < -0.3 is 19.7 Å². The van der Waals surface area contributed by atoms with E-state index >= 15 is 0 Å². The van der Waals surface area contributed by atoms with Crippen LogP contribution < -0.4 is 10.1 Å². The molecule has 0 spiro atoms. The molecule has 1 amide bonds. The van der Waals surface area contributed by atoms with Gasteiger partial charge in [-0.25, -0.2) is 4.98 Å². The van der Waals surface area contributed by atoms with Gasteiger partial charge in [0.1, 0.15) is 18.2 Å². The van der Waals surface area contributed by atoms with E-state index in [2.05, 4.69) is 10.3 Å². The minimum absolute atomic E-state index is 0.0870. The third-order valence-corrected chi connectivity index (χ3v) is 5.19. The lowest BCUT2D eigenvalue weighted by Crippen LogP contribution is -2.26. The third-order valence-electron chi connectivity index (χ3n) is 5.19. The lowest BCUT2D eigenvalue weighted by Gasteiger charge is -2.13. The number of imidazole rings is 1. The van der Waals surface area contributed by atoms with Crippen LogP contribution in [0.15, 0.2) is 72.8 Å². The number of aliphatic hydroxyl groups is 1. The number of aromatic nitrogens is 2. The molecule has 0 saturated heterocycles. The van der Waals surface area contributed by atoms with E-state index in [-0.39, 0.29) is 32.2 Å². The van der Waals surface area contributed by atoms with E-state index in [1.165, 1.54) is 6.07 Å². The summed E-state index contributed by atoms with van der Waals surface area (Å²) < 4.78 is 47.2. The molecule has 0 fully saturated rings. The smallest absolute Gasteiger partial charge is 0.416 e. The Balaban J connectivity index is 1.70. The first-order chi connectivity index (χ1) is 16.3. The number of carbonyl (C=O) groups is 1. The van der Waals surface area contributed by atoms with E-state index < -0.39 is 11.7 Å². The Labute approximate surface area is 193 Å². The fourth-order valence-electron chi connectivity index (χ4n) is 3.57. The Morgan fingerprint density at radius 1 is 1.03 bits per heavy atom. The van der Waals surface area contributed by atoms with Crippen LogP contribution in [0.3, 0.4) is 0 Å². The van der Waals surface area contributed by atoms with Gasteiger partial charge in [0.25, 0.3) is 5.91 Å². The quantitative estimate of drug-likeness (QED) is 0.401. The highest BCUT2D eigenvalue weighted by Gasteiger charge is 2.30. The normalized spacial score (nSPS) is 11.5. The maximum atomic E-state index is 13.2. The fourth-order valence-corrected chi connectivity index (χ4v) is 3.57. The first-order valence-electron chi connectivity index (χ1n) is 10.6. The SMILES string of the molecule is O=C(NCCO)c1ccc2c(c1)nc(COc1ccccc1)n2Cc1cccc(C(F)(F)F)c1. The van der Waals surface area contributed by atoms with Crippen molar-refractivity contribution in [1.82, 2.24) is 14.9 Å². The van der Waals surface area contributed by atoms with E-state index in [1.807, 2.05) is 18.2 Å². The fraction of sp³-hybridized carbons (Fsp3) is 0.200. The zero-order chi connectivity index (χ0) is 24.1. The summed E-state index contributed by atoms with van der Waals surface area (Å²) >= 11 is 0. The van der Waals surface area contributed by atoms with E-state index in [0.717, 1.165) is 12.1 Å². The molecule has 0 unspecified atom stereocenters. The Kier molecular flexibility index (Phi) is 6.83. The van der Waals surface area contributed by atoms with Crippen molar-refractivity contribution in [3.05, 3.63) is 95.3 Å². The molecule has 1 heterocycles. The molecule has 3 aromatic carbocycles. The summed E-state index contributed by atoms with van der Waals surface area (Å²) in [7, 11) is 0. The molecule has 0 saturated carbocycles. The highest BCUT2D eigenvalue weighted by atomic mass is 19.4. The van der Waals surface area contributed by atoms with Crippen molar-refractivity contribution in [3.63, 3.8) is 0 Å². The molecule has 0 atom stereocenters. The minimum Gasteiger partial charge on any atom is -0.486 e. The van der Waals surface area contributed by atoms with Crippen LogP contribution in [0, 0.1) is 0 Å². The molecule has 0 aliphatic rings. The maximum Gasteiger partial charge on any atom is 0.416 e. The van der Waals surface area contributed by atoms with Crippen LogP contribution in [0.5, 0.6) is 5.75 Å². The molecular weight excluding hydrogens is 447 g/mol. The predicted octanol–water partition coefficient (Wildman–Crippen LogP) is 4.40. The molecule has 2 N–H and O–H groups in total. The number of aliphatic hydroxyl groups excluding tert-OH is 1. The molecule has 0 aliphatic heterocycles. The number of fused-ring (bicyclic) bond motifs is 1. The van der Waals surface area contributed by atoms with Gasteiger partial charge in [0, 0.05) is 18.7 Å². The molecule has 0 bridgehead atoms. The largest absolute Gasteiger partial charge is 0.486 e. The highest BCUT2D eigenvalue weighted by Crippen LogP contribution is 2.30.